The summed E-state index contributed by atoms with van der Waals surface area (Å²) in [5, 5.41) is 26.7. The summed E-state index contributed by atoms with van der Waals surface area (Å²) in [6.45, 7) is 0.735. The van der Waals surface area contributed by atoms with Crippen LogP contribution in [0.3, 0.4) is 0 Å². The van der Waals surface area contributed by atoms with Crippen LogP contribution in [-0.2, 0) is 16.4 Å². The second kappa shape index (κ2) is 8.73. The summed E-state index contributed by atoms with van der Waals surface area (Å²) in [6, 6.07) is 13.9. The van der Waals surface area contributed by atoms with Crippen molar-refractivity contribution in [2.24, 2.45) is 5.14 Å². The second-order valence-electron chi connectivity index (χ2n) is 7.30. The van der Waals surface area contributed by atoms with Gasteiger partial charge < -0.3 is 14.7 Å². The number of aromatic nitrogens is 1. The number of thiazole rings is 1. The van der Waals surface area contributed by atoms with Gasteiger partial charge >= 0.3 is 0 Å². The van der Waals surface area contributed by atoms with Gasteiger partial charge in [-0.05, 0) is 48.4 Å². The number of nitrogens with one attached hydrogen (secondary N) is 1. The highest BCUT2D eigenvalue weighted by Gasteiger charge is 2.30. The molecular weight excluding hydrogens is 448 g/mol. The molecule has 0 amide bonds. The van der Waals surface area contributed by atoms with E-state index < -0.39 is 10.0 Å². The number of nitrogens with two attached hydrogens (primary N) is 1. The van der Waals surface area contributed by atoms with E-state index in [1.807, 2.05) is 29.6 Å². The van der Waals surface area contributed by atoms with Gasteiger partial charge in [0.25, 0.3) is 0 Å². The quantitative estimate of drug-likeness (QED) is 0.486. The molecule has 0 bridgehead atoms. The summed E-state index contributed by atoms with van der Waals surface area (Å²) >= 11 is 1.38. The third-order valence-electron chi connectivity index (χ3n) is 5.21. The van der Waals surface area contributed by atoms with Gasteiger partial charge in [-0.15, -0.1) is 11.3 Å². The van der Waals surface area contributed by atoms with E-state index >= 15 is 0 Å². The van der Waals surface area contributed by atoms with E-state index in [1.54, 1.807) is 24.1 Å². The molecule has 0 aliphatic carbocycles. The van der Waals surface area contributed by atoms with Gasteiger partial charge in [0.2, 0.25) is 10.0 Å². The number of aliphatic hydroxyl groups excluding tert-OH is 1. The number of methoxy groups -OCH3 is 1. The maximum atomic E-state index is 11.4. The number of amidine groups is 1. The fraction of sp³-hybridized carbons (Fsp3) is 0.182. The Kier molecular flexibility index (Phi) is 6.00. The fourth-order valence-corrected chi connectivity index (χ4v) is 4.85. The van der Waals surface area contributed by atoms with Gasteiger partial charge in [-0.2, -0.15) is 0 Å². The average molecular weight is 471 g/mol. The average Bonchev–Trinajstić information content (AvgIpc) is 3.36. The molecule has 2 heterocycles. The number of aliphatic hydroxyl groups is 1. The van der Waals surface area contributed by atoms with Crippen molar-refractivity contribution >= 4 is 32.8 Å². The molecule has 0 radical (unpaired) electrons. The number of hydrogen-bond donors (Lipinski definition) is 3. The molecule has 1 aliphatic heterocycles. The summed E-state index contributed by atoms with van der Waals surface area (Å²) < 4.78 is 27.9. The predicted molar refractivity (Wildman–Crippen MR) is 124 cm³/mol. The molecule has 0 saturated heterocycles. The van der Waals surface area contributed by atoms with Crippen molar-refractivity contribution in [3.8, 4) is 17.0 Å². The lowest BCUT2D eigenvalue weighted by Crippen LogP contribution is -2.28. The predicted octanol–water partition coefficient (Wildman–Crippen LogP) is 3.27. The second-order valence-corrected chi connectivity index (χ2v) is 9.72. The molecule has 0 atom stereocenters. The minimum atomic E-state index is -3.72. The molecule has 0 spiro atoms. The Morgan fingerprint density at radius 1 is 1.19 bits per heavy atom. The molecule has 8 nitrogen and oxygen atoms in total. The summed E-state index contributed by atoms with van der Waals surface area (Å²) in [4.78, 5) is 6.46. The minimum absolute atomic E-state index is 0.0631. The zero-order chi connectivity index (χ0) is 22.9. The van der Waals surface area contributed by atoms with E-state index in [1.165, 1.54) is 23.5 Å². The third kappa shape index (κ3) is 4.52. The number of ether oxygens (including phenoxy) is 1. The van der Waals surface area contributed by atoms with Gasteiger partial charge in [-0.3, -0.25) is 5.41 Å². The van der Waals surface area contributed by atoms with E-state index in [-0.39, 0.29) is 23.0 Å². The summed E-state index contributed by atoms with van der Waals surface area (Å²) in [5.41, 5.74) is 3.06. The van der Waals surface area contributed by atoms with E-state index in [0.717, 1.165) is 22.6 Å². The monoisotopic (exact) mass is 470 g/mol. The number of rotatable bonds is 7. The van der Waals surface area contributed by atoms with Crippen LogP contribution in [0.15, 0.2) is 64.6 Å². The molecule has 2 aromatic carbocycles. The normalized spacial score (nSPS) is 14.3. The van der Waals surface area contributed by atoms with Crippen LogP contribution < -0.4 is 9.88 Å². The Bertz CT molecular complexity index is 1280. The number of benzene rings is 2. The number of sulfonamides is 1. The summed E-state index contributed by atoms with van der Waals surface area (Å²) in [5.74, 6) is 1.10. The largest absolute Gasteiger partial charge is 0.510 e. The van der Waals surface area contributed by atoms with Crippen LogP contribution in [0.25, 0.3) is 16.8 Å². The number of hydrogen-bond acceptors (Lipinski definition) is 7. The zero-order valence-electron chi connectivity index (χ0n) is 17.3. The smallest absolute Gasteiger partial charge is 0.238 e. The Morgan fingerprint density at radius 3 is 2.50 bits per heavy atom. The van der Waals surface area contributed by atoms with Crippen molar-refractivity contribution in [3.05, 3.63) is 70.2 Å². The van der Waals surface area contributed by atoms with Gasteiger partial charge in [0.1, 0.15) is 22.4 Å². The molecular formula is C22H22N4O4S2. The molecule has 32 heavy (non-hydrogen) atoms. The van der Waals surface area contributed by atoms with E-state index in [4.69, 9.17) is 15.3 Å². The molecule has 166 valence electrons. The van der Waals surface area contributed by atoms with Crippen LogP contribution in [0.5, 0.6) is 5.75 Å². The van der Waals surface area contributed by atoms with Crippen LogP contribution in [0.1, 0.15) is 10.6 Å². The third-order valence-corrected chi connectivity index (χ3v) is 7.00. The molecule has 4 N–H and O–H groups in total. The number of primary sulfonamides is 1. The van der Waals surface area contributed by atoms with Gasteiger partial charge in [-0.1, -0.05) is 12.1 Å². The van der Waals surface area contributed by atoms with Crippen LogP contribution in [0.2, 0.25) is 0 Å². The highest BCUT2D eigenvalue weighted by Crippen LogP contribution is 2.32. The van der Waals surface area contributed by atoms with Crippen molar-refractivity contribution < 1.29 is 18.3 Å². The van der Waals surface area contributed by atoms with E-state index in [2.05, 4.69) is 4.98 Å². The summed E-state index contributed by atoms with van der Waals surface area (Å²) in [7, 11) is -2.11. The molecule has 3 aromatic rings. The lowest BCUT2D eigenvalue weighted by molar-refractivity contribution is 0.351. The fourth-order valence-electron chi connectivity index (χ4n) is 3.44. The van der Waals surface area contributed by atoms with Crippen molar-refractivity contribution in [3.63, 3.8) is 0 Å². The molecule has 1 aromatic heterocycles. The topological polar surface area (TPSA) is 130 Å². The minimum Gasteiger partial charge on any atom is -0.510 e. The van der Waals surface area contributed by atoms with Gasteiger partial charge in [-0.25, -0.2) is 18.5 Å². The van der Waals surface area contributed by atoms with E-state index in [9.17, 15) is 13.5 Å². The molecule has 0 saturated carbocycles. The first kappa shape index (κ1) is 22.0. The Labute approximate surface area is 190 Å². The lowest BCUT2D eigenvalue weighted by Gasteiger charge is -2.18. The maximum absolute atomic E-state index is 11.4. The molecule has 10 heteroatoms. The summed E-state index contributed by atoms with van der Waals surface area (Å²) in [6.07, 6.45) is 0.586. The first-order valence-electron chi connectivity index (χ1n) is 9.74. The lowest BCUT2D eigenvalue weighted by atomic mass is 10.1. The first-order valence-corrected chi connectivity index (χ1v) is 12.2. The van der Waals surface area contributed by atoms with Crippen molar-refractivity contribution in [2.45, 2.75) is 11.3 Å². The van der Waals surface area contributed by atoms with Gasteiger partial charge in [0.05, 0.1) is 29.8 Å². The Morgan fingerprint density at radius 2 is 1.88 bits per heavy atom. The highest BCUT2D eigenvalue weighted by molar-refractivity contribution is 7.89. The highest BCUT2D eigenvalue weighted by atomic mass is 32.2. The van der Waals surface area contributed by atoms with Gasteiger partial charge in [0, 0.05) is 17.5 Å². The van der Waals surface area contributed by atoms with Gasteiger partial charge in [0.15, 0.2) is 0 Å². The SMILES string of the molecule is COc1ccc(-c2csc(C3=C(O)CN(CCc4ccc(S(N)(=O)=O)cc4)C3=N)n2)cc1. The Hall–Kier alpha value is -3.21. The van der Waals surface area contributed by atoms with Crippen LogP contribution >= 0.6 is 11.3 Å². The molecule has 0 unspecified atom stereocenters. The maximum Gasteiger partial charge on any atom is 0.238 e. The van der Waals surface area contributed by atoms with Crippen LogP contribution in [-0.4, -0.2) is 49.4 Å². The van der Waals surface area contributed by atoms with Crippen molar-refractivity contribution in [1.29, 1.82) is 5.41 Å². The standard InChI is InChI=1S/C22H22N4O4S2/c1-30-16-6-4-15(5-7-16)18-13-31-22(25-18)20-19(27)12-26(21(20)23)11-10-14-2-8-17(9-3-14)32(24,28)29/h2-9,13,23,27H,10-12H2,1H3,(H2,24,28,29). The van der Waals surface area contributed by atoms with E-state index in [0.29, 0.717) is 23.5 Å². The molecule has 4 rings (SSSR count). The van der Waals surface area contributed by atoms with Crippen molar-refractivity contribution in [1.82, 2.24) is 9.88 Å². The van der Waals surface area contributed by atoms with Crippen molar-refractivity contribution in [2.75, 3.05) is 20.2 Å². The molecule has 0 fully saturated rings. The first-order chi connectivity index (χ1) is 15.3. The molecule has 1 aliphatic rings. The number of nitrogens with zero attached hydrogens (tertiary/aromatic N) is 2. The zero-order valence-corrected chi connectivity index (χ0v) is 18.9. The van der Waals surface area contributed by atoms with Crippen LogP contribution in [0.4, 0.5) is 0 Å². The van der Waals surface area contributed by atoms with Crippen LogP contribution in [0, 0.1) is 5.41 Å². The Balaban J connectivity index is 1.44.